The SMILES string of the molecule is Cc1ccc(C2=C(Nc3ccc(OC(C)C)cc3)C(=O)N(c3ccc(F)c(Cl)c3)C2=O)cc1. The van der Waals surface area contributed by atoms with Gasteiger partial charge in [-0.1, -0.05) is 41.4 Å². The fraction of sp³-hybridized carbons (Fsp3) is 0.154. The van der Waals surface area contributed by atoms with Gasteiger partial charge >= 0.3 is 0 Å². The van der Waals surface area contributed by atoms with Crippen LogP contribution in [-0.2, 0) is 9.59 Å². The number of benzene rings is 3. The van der Waals surface area contributed by atoms with Gasteiger partial charge in [-0.15, -0.1) is 0 Å². The van der Waals surface area contributed by atoms with Crippen LogP contribution < -0.4 is 15.0 Å². The molecule has 2 amide bonds. The molecule has 1 heterocycles. The van der Waals surface area contributed by atoms with Crippen LogP contribution in [0.5, 0.6) is 5.75 Å². The van der Waals surface area contributed by atoms with Crippen molar-refractivity contribution in [1.82, 2.24) is 0 Å². The van der Waals surface area contributed by atoms with Gasteiger partial charge in [-0.3, -0.25) is 9.59 Å². The second kappa shape index (κ2) is 9.08. The number of aryl methyl sites for hydroxylation is 1. The van der Waals surface area contributed by atoms with Gasteiger partial charge in [0.1, 0.15) is 17.3 Å². The summed E-state index contributed by atoms with van der Waals surface area (Å²) in [7, 11) is 0. The van der Waals surface area contributed by atoms with Gasteiger partial charge in [-0.25, -0.2) is 9.29 Å². The molecule has 0 fully saturated rings. The molecule has 0 atom stereocenters. The molecule has 33 heavy (non-hydrogen) atoms. The van der Waals surface area contributed by atoms with E-state index in [1.54, 1.807) is 36.4 Å². The quantitative estimate of drug-likeness (QED) is 0.456. The molecule has 0 bridgehead atoms. The van der Waals surface area contributed by atoms with E-state index < -0.39 is 17.6 Å². The van der Waals surface area contributed by atoms with E-state index in [9.17, 15) is 14.0 Å². The van der Waals surface area contributed by atoms with E-state index in [2.05, 4.69) is 5.32 Å². The smallest absolute Gasteiger partial charge is 0.282 e. The Hall–Kier alpha value is -3.64. The highest BCUT2D eigenvalue weighted by Crippen LogP contribution is 2.35. The number of amides is 2. The zero-order chi connectivity index (χ0) is 23.7. The summed E-state index contributed by atoms with van der Waals surface area (Å²) < 4.78 is 19.3. The number of hydrogen-bond acceptors (Lipinski definition) is 4. The molecule has 1 aliphatic rings. The molecular weight excluding hydrogens is 443 g/mol. The minimum absolute atomic E-state index is 0.0322. The summed E-state index contributed by atoms with van der Waals surface area (Å²) in [6, 6.07) is 18.2. The minimum Gasteiger partial charge on any atom is -0.491 e. The predicted octanol–water partition coefficient (Wildman–Crippen LogP) is 5.97. The van der Waals surface area contributed by atoms with E-state index in [-0.39, 0.29) is 28.1 Å². The largest absolute Gasteiger partial charge is 0.491 e. The minimum atomic E-state index is -0.631. The Morgan fingerprint density at radius 1 is 0.939 bits per heavy atom. The van der Waals surface area contributed by atoms with E-state index in [0.29, 0.717) is 17.0 Å². The van der Waals surface area contributed by atoms with Gasteiger partial charge in [0, 0.05) is 5.69 Å². The Bertz CT molecular complexity index is 1250. The van der Waals surface area contributed by atoms with Crippen LogP contribution in [0.1, 0.15) is 25.0 Å². The Morgan fingerprint density at radius 2 is 1.61 bits per heavy atom. The fourth-order valence-electron chi connectivity index (χ4n) is 3.53. The van der Waals surface area contributed by atoms with E-state index in [1.807, 2.05) is 32.9 Å². The lowest BCUT2D eigenvalue weighted by Gasteiger charge is -2.16. The van der Waals surface area contributed by atoms with Crippen LogP contribution in [0, 0.1) is 12.7 Å². The van der Waals surface area contributed by atoms with Crippen molar-refractivity contribution in [3.05, 3.63) is 94.4 Å². The van der Waals surface area contributed by atoms with Gasteiger partial charge in [-0.05, 0) is 68.8 Å². The summed E-state index contributed by atoms with van der Waals surface area (Å²) in [4.78, 5) is 27.8. The van der Waals surface area contributed by atoms with Crippen LogP contribution >= 0.6 is 11.6 Å². The van der Waals surface area contributed by atoms with Crippen LogP contribution in [-0.4, -0.2) is 17.9 Å². The molecule has 7 heteroatoms. The number of anilines is 2. The van der Waals surface area contributed by atoms with E-state index >= 15 is 0 Å². The third-order valence-corrected chi connectivity index (χ3v) is 5.37. The molecular formula is C26H22ClFN2O3. The second-order valence-corrected chi connectivity index (χ2v) is 8.38. The molecule has 0 spiro atoms. The maximum absolute atomic E-state index is 13.7. The highest BCUT2D eigenvalue weighted by Gasteiger charge is 2.40. The fourth-order valence-corrected chi connectivity index (χ4v) is 3.70. The van der Waals surface area contributed by atoms with Crippen molar-refractivity contribution in [2.45, 2.75) is 26.9 Å². The molecule has 4 rings (SSSR count). The van der Waals surface area contributed by atoms with Crippen molar-refractivity contribution in [2.24, 2.45) is 0 Å². The number of hydrogen-bond donors (Lipinski definition) is 1. The maximum atomic E-state index is 13.7. The molecule has 0 saturated heterocycles. The number of carbonyl (C=O) groups is 2. The first kappa shape index (κ1) is 22.6. The summed E-state index contributed by atoms with van der Waals surface area (Å²) in [5.74, 6) is -1.01. The number of imide groups is 1. The van der Waals surface area contributed by atoms with Crippen LogP contribution in [0.25, 0.3) is 5.57 Å². The van der Waals surface area contributed by atoms with Crippen LogP contribution in [0.3, 0.4) is 0 Å². The molecule has 0 radical (unpaired) electrons. The number of ether oxygens (including phenoxy) is 1. The number of rotatable bonds is 6. The van der Waals surface area contributed by atoms with Crippen LogP contribution in [0.15, 0.2) is 72.4 Å². The molecule has 5 nitrogen and oxygen atoms in total. The average molecular weight is 465 g/mol. The summed E-state index contributed by atoms with van der Waals surface area (Å²) in [5.41, 5.74) is 2.78. The van der Waals surface area contributed by atoms with Gasteiger partial charge < -0.3 is 10.1 Å². The molecule has 0 aliphatic carbocycles. The van der Waals surface area contributed by atoms with Crippen LogP contribution in [0.2, 0.25) is 5.02 Å². The summed E-state index contributed by atoms with van der Waals surface area (Å²) in [5, 5.41) is 2.92. The van der Waals surface area contributed by atoms with Crippen molar-refractivity contribution >= 4 is 40.4 Å². The highest BCUT2D eigenvalue weighted by molar-refractivity contribution is 6.46. The van der Waals surface area contributed by atoms with Gasteiger partial charge in [0.15, 0.2) is 0 Å². The number of nitrogens with zero attached hydrogens (tertiary/aromatic N) is 1. The molecule has 1 aliphatic heterocycles. The zero-order valence-electron chi connectivity index (χ0n) is 18.4. The van der Waals surface area contributed by atoms with Crippen molar-refractivity contribution < 1.29 is 18.7 Å². The first-order valence-electron chi connectivity index (χ1n) is 10.4. The number of carbonyl (C=O) groups excluding carboxylic acids is 2. The maximum Gasteiger partial charge on any atom is 0.282 e. The lowest BCUT2D eigenvalue weighted by atomic mass is 10.0. The van der Waals surface area contributed by atoms with Gasteiger partial charge in [0.2, 0.25) is 0 Å². The molecule has 168 valence electrons. The Morgan fingerprint density at radius 3 is 2.21 bits per heavy atom. The third-order valence-electron chi connectivity index (χ3n) is 5.08. The van der Waals surface area contributed by atoms with E-state index in [0.717, 1.165) is 16.5 Å². The Balaban J connectivity index is 1.75. The summed E-state index contributed by atoms with van der Waals surface area (Å²) in [6.45, 7) is 5.81. The number of nitrogens with one attached hydrogen (secondary N) is 1. The van der Waals surface area contributed by atoms with Gasteiger partial charge in [0.25, 0.3) is 11.8 Å². The predicted molar refractivity (Wildman–Crippen MR) is 128 cm³/mol. The molecule has 0 aromatic heterocycles. The van der Waals surface area contributed by atoms with Gasteiger partial charge in [-0.2, -0.15) is 0 Å². The summed E-state index contributed by atoms with van der Waals surface area (Å²) >= 11 is 5.91. The monoisotopic (exact) mass is 464 g/mol. The van der Waals surface area contributed by atoms with E-state index in [4.69, 9.17) is 16.3 Å². The Kier molecular flexibility index (Phi) is 6.20. The lowest BCUT2D eigenvalue weighted by molar-refractivity contribution is -0.120. The first-order chi connectivity index (χ1) is 15.7. The molecule has 3 aromatic rings. The highest BCUT2D eigenvalue weighted by atomic mass is 35.5. The van der Waals surface area contributed by atoms with Crippen molar-refractivity contribution in [1.29, 1.82) is 0 Å². The zero-order valence-corrected chi connectivity index (χ0v) is 19.1. The normalized spacial score (nSPS) is 13.8. The standard InChI is InChI=1S/C26H22ClFN2O3/c1-15(2)33-20-11-8-18(9-12-20)29-24-23(17-6-4-16(3)5-7-17)25(31)30(26(24)32)19-10-13-22(28)21(27)14-19/h4-15,29H,1-3H3. The lowest BCUT2D eigenvalue weighted by Crippen LogP contribution is -2.32. The van der Waals surface area contributed by atoms with Crippen LogP contribution in [0.4, 0.5) is 15.8 Å². The molecule has 1 N–H and O–H groups in total. The topological polar surface area (TPSA) is 58.6 Å². The summed E-state index contributed by atoms with van der Waals surface area (Å²) in [6.07, 6.45) is 0.0322. The van der Waals surface area contributed by atoms with Gasteiger partial charge in [0.05, 0.1) is 22.4 Å². The van der Waals surface area contributed by atoms with Crippen molar-refractivity contribution in [3.8, 4) is 5.75 Å². The van der Waals surface area contributed by atoms with Crippen molar-refractivity contribution in [2.75, 3.05) is 10.2 Å². The molecule has 0 unspecified atom stereocenters. The second-order valence-electron chi connectivity index (χ2n) is 7.98. The number of halogens is 2. The molecule has 0 saturated carbocycles. The Labute approximate surface area is 196 Å². The van der Waals surface area contributed by atoms with Crippen molar-refractivity contribution in [3.63, 3.8) is 0 Å². The first-order valence-corrected chi connectivity index (χ1v) is 10.8. The molecule has 3 aromatic carbocycles. The van der Waals surface area contributed by atoms with E-state index in [1.165, 1.54) is 12.1 Å². The average Bonchev–Trinajstić information content (AvgIpc) is 3.01. The third kappa shape index (κ3) is 4.61.